The Morgan fingerprint density at radius 2 is 1.81 bits per heavy atom. The number of hydrogen-bond acceptors (Lipinski definition) is 5. The predicted molar refractivity (Wildman–Crippen MR) is 80.2 cm³/mol. The molecule has 0 saturated carbocycles. The van der Waals surface area contributed by atoms with Crippen molar-refractivity contribution in [1.82, 2.24) is 4.90 Å². The first-order valence-corrected chi connectivity index (χ1v) is 7.91. The van der Waals surface area contributed by atoms with E-state index < -0.39 is 5.60 Å². The molecule has 2 aliphatic rings. The topological polar surface area (TPSA) is 48.0 Å². The van der Waals surface area contributed by atoms with Gasteiger partial charge in [0.05, 0.1) is 43.0 Å². The molecule has 2 fully saturated rings. The van der Waals surface area contributed by atoms with Gasteiger partial charge in [0.1, 0.15) is 0 Å². The van der Waals surface area contributed by atoms with Crippen LogP contribution in [0.4, 0.5) is 0 Å². The molecule has 2 heterocycles. The molecule has 5 nitrogen and oxygen atoms in total. The Kier molecular flexibility index (Phi) is 4.66. The maximum Gasteiger partial charge on any atom is 0.307 e. The van der Waals surface area contributed by atoms with Crippen molar-refractivity contribution in [3.05, 3.63) is 0 Å². The summed E-state index contributed by atoms with van der Waals surface area (Å²) >= 11 is 0. The number of morpholine rings is 1. The number of carbonyl (C=O) groups excluding carboxylic acids is 1. The molecule has 0 aromatic carbocycles. The summed E-state index contributed by atoms with van der Waals surface area (Å²) in [6.07, 6.45) is 1.20. The summed E-state index contributed by atoms with van der Waals surface area (Å²) in [5.41, 5.74) is -0.971. The number of nitrogens with zero attached hydrogens (tertiary/aromatic N) is 1. The van der Waals surface area contributed by atoms with Gasteiger partial charge in [-0.15, -0.1) is 0 Å². The van der Waals surface area contributed by atoms with Crippen molar-refractivity contribution in [3.8, 4) is 0 Å². The highest BCUT2D eigenvalue weighted by atomic mass is 16.5. The summed E-state index contributed by atoms with van der Waals surface area (Å²) in [7, 11) is 0. The molecule has 0 bridgehead atoms. The molecular formula is C16H29NO4. The van der Waals surface area contributed by atoms with Crippen LogP contribution in [0, 0.1) is 0 Å². The van der Waals surface area contributed by atoms with Crippen molar-refractivity contribution < 1.29 is 19.0 Å². The van der Waals surface area contributed by atoms with Gasteiger partial charge in [0.2, 0.25) is 0 Å². The number of rotatable bonds is 4. The standard InChI is InChI=1S/C16H29NO4/c1-6-20-13(18)11-16(17-7-9-19-10-8-17)12-14(2,3)21-15(16,4)5/h6-12H2,1-5H3. The van der Waals surface area contributed by atoms with E-state index in [0.29, 0.717) is 26.2 Å². The normalized spacial score (nSPS) is 32.0. The van der Waals surface area contributed by atoms with E-state index in [2.05, 4.69) is 32.6 Å². The van der Waals surface area contributed by atoms with Crippen molar-refractivity contribution in [1.29, 1.82) is 0 Å². The van der Waals surface area contributed by atoms with Gasteiger partial charge >= 0.3 is 5.97 Å². The van der Waals surface area contributed by atoms with Crippen molar-refractivity contribution in [2.75, 3.05) is 32.9 Å². The fraction of sp³-hybridized carbons (Fsp3) is 0.938. The molecule has 0 aromatic rings. The van der Waals surface area contributed by atoms with Crippen molar-refractivity contribution >= 4 is 5.97 Å². The lowest BCUT2D eigenvalue weighted by atomic mass is 9.74. The highest BCUT2D eigenvalue weighted by Crippen LogP contribution is 2.50. The quantitative estimate of drug-likeness (QED) is 0.743. The minimum absolute atomic E-state index is 0.140. The summed E-state index contributed by atoms with van der Waals surface area (Å²) in [4.78, 5) is 14.6. The maximum absolute atomic E-state index is 12.2. The summed E-state index contributed by atoms with van der Waals surface area (Å²) in [6.45, 7) is 13.7. The van der Waals surface area contributed by atoms with Crippen molar-refractivity contribution in [2.24, 2.45) is 0 Å². The van der Waals surface area contributed by atoms with Crippen LogP contribution in [0.5, 0.6) is 0 Å². The molecule has 0 amide bonds. The zero-order valence-corrected chi connectivity index (χ0v) is 14.0. The first-order valence-electron chi connectivity index (χ1n) is 7.91. The van der Waals surface area contributed by atoms with E-state index in [-0.39, 0.29) is 17.1 Å². The lowest BCUT2D eigenvalue weighted by Crippen LogP contribution is -2.62. The fourth-order valence-corrected chi connectivity index (χ4v) is 4.06. The second kappa shape index (κ2) is 5.86. The highest BCUT2D eigenvalue weighted by molar-refractivity contribution is 5.71. The van der Waals surface area contributed by atoms with E-state index in [1.165, 1.54) is 0 Å². The third kappa shape index (κ3) is 3.25. The Balaban J connectivity index is 2.31. The van der Waals surface area contributed by atoms with Crippen LogP contribution >= 0.6 is 0 Å². The third-order valence-corrected chi connectivity index (χ3v) is 4.73. The monoisotopic (exact) mass is 299 g/mol. The number of hydrogen-bond donors (Lipinski definition) is 0. The molecule has 2 aliphatic heterocycles. The van der Waals surface area contributed by atoms with Gasteiger partial charge in [0.25, 0.3) is 0 Å². The Morgan fingerprint density at radius 3 is 2.29 bits per heavy atom. The Hall–Kier alpha value is -0.650. The summed E-state index contributed by atoms with van der Waals surface area (Å²) in [6, 6.07) is 0. The minimum Gasteiger partial charge on any atom is -0.466 e. The second-order valence-corrected chi connectivity index (χ2v) is 7.16. The largest absolute Gasteiger partial charge is 0.466 e. The minimum atomic E-state index is -0.402. The predicted octanol–water partition coefficient (Wildman–Crippen LogP) is 1.99. The van der Waals surface area contributed by atoms with Gasteiger partial charge in [0.15, 0.2) is 0 Å². The number of carbonyl (C=O) groups is 1. The van der Waals surface area contributed by atoms with Gasteiger partial charge in [-0.2, -0.15) is 0 Å². The third-order valence-electron chi connectivity index (χ3n) is 4.73. The van der Waals surface area contributed by atoms with E-state index in [0.717, 1.165) is 19.5 Å². The van der Waals surface area contributed by atoms with E-state index in [9.17, 15) is 4.79 Å². The van der Waals surface area contributed by atoms with Gasteiger partial charge in [-0.1, -0.05) is 0 Å². The Bertz CT molecular complexity index is 388. The molecule has 0 radical (unpaired) electrons. The van der Waals surface area contributed by atoms with Gasteiger partial charge < -0.3 is 14.2 Å². The molecule has 0 N–H and O–H groups in total. The fourth-order valence-electron chi connectivity index (χ4n) is 4.06. The molecule has 0 aromatic heterocycles. The Labute approximate surface area is 127 Å². The first kappa shape index (κ1) is 16.7. The average molecular weight is 299 g/mol. The molecule has 5 heteroatoms. The van der Waals surface area contributed by atoms with Crippen LogP contribution in [0.3, 0.4) is 0 Å². The van der Waals surface area contributed by atoms with Crippen LogP contribution in [0.25, 0.3) is 0 Å². The number of ether oxygens (including phenoxy) is 3. The SMILES string of the molecule is CCOC(=O)CC1(N2CCOCC2)CC(C)(C)OC1(C)C. The number of esters is 1. The second-order valence-electron chi connectivity index (χ2n) is 7.16. The van der Waals surface area contributed by atoms with Crippen LogP contribution in [0.1, 0.15) is 47.5 Å². The smallest absolute Gasteiger partial charge is 0.307 e. The lowest BCUT2D eigenvalue weighted by molar-refractivity contribution is -0.157. The van der Waals surface area contributed by atoms with Crippen molar-refractivity contribution in [3.63, 3.8) is 0 Å². The van der Waals surface area contributed by atoms with Gasteiger partial charge in [0, 0.05) is 13.1 Å². The highest BCUT2D eigenvalue weighted by Gasteiger charge is 2.61. The van der Waals surface area contributed by atoms with E-state index in [4.69, 9.17) is 14.2 Å². The van der Waals surface area contributed by atoms with Crippen molar-refractivity contribution in [2.45, 2.75) is 64.2 Å². The van der Waals surface area contributed by atoms with E-state index in [1.807, 2.05) is 6.92 Å². The molecule has 21 heavy (non-hydrogen) atoms. The lowest BCUT2D eigenvalue weighted by Gasteiger charge is -2.49. The van der Waals surface area contributed by atoms with Crippen LogP contribution in [0.2, 0.25) is 0 Å². The maximum atomic E-state index is 12.2. The van der Waals surface area contributed by atoms with Crippen LogP contribution < -0.4 is 0 Å². The first-order chi connectivity index (χ1) is 9.72. The Morgan fingerprint density at radius 1 is 1.19 bits per heavy atom. The van der Waals surface area contributed by atoms with Gasteiger partial charge in [-0.05, 0) is 41.0 Å². The van der Waals surface area contributed by atoms with Gasteiger partial charge in [-0.3, -0.25) is 9.69 Å². The molecule has 2 rings (SSSR count). The molecule has 1 atom stereocenters. The molecule has 1 unspecified atom stereocenters. The molecular weight excluding hydrogens is 270 g/mol. The zero-order valence-electron chi connectivity index (χ0n) is 14.0. The van der Waals surface area contributed by atoms with Crippen LogP contribution in [0.15, 0.2) is 0 Å². The van der Waals surface area contributed by atoms with E-state index in [1.54, 1.807) is 0 Å². The molecule has 122 valence electrons. The van der Waals surface area contributed by atoms with Crippen LogP contribution in [-0.4, -0.2) is 60.5 Å². The zero-order chi connectivity index (χ0) is 15.7. The summed E-state index contributed by atoms with van der Waals surface area (Å²) in [5.74, 6) is -0.140. The molecule has 0 spiro atoms. The van der Waals surface area contributed by atoms with E-state index >= 15 is 0 Å². The van der Waals surface area contributed by atoms with Crippen LogP contribution in [-0.2, 0) is 19.0 Å². The average Bonchev–Trinajstić information content (AvgIpc) is 2.56. The molecule has 0 aliphatic carbocycles. The summed E-state index contributed by atoms with van der Waals surface area (Å²) < 4.78 is 17.0. The summed E-state index contributed by atoms with van der Waals surface area (Å²) in [5, 5.41) is 0. The van der Waals surface area contributed by atoms with Gasteiger partial charge in [-0.25, -0.2) is 0 Å². The molecule has 2 saturated heterocycles.